The monoisotopic (exact) mass is 311 g/mol. The van der Waals surface area contributed by atoms with Crippen molar-refractivity contribution in [3.63, 3.8) is 0 Å². The van der Waals surface area contributed by atoms with E-state index in [1.807, 2.05) is 24.3 Å². The van der Waals surface area contributed by atoms with Crippen LogP contribution in [0.15, 0.2) is 59.9 Å². The maximum Gasteiger partial charge on any atom is 0.244 e. The van der Waals surface area contributed by atoms with Crippen molar-refractivity contribution in [1.29, 1.82) is 0 Å². The molecule has 1 amide bonds. The van der Waals surface area contributed by atoms with E-state index in [9.17, 15) is 9.18 Å². The van der Waals surface area contributed by atoms with E-state index in [2.05, 4.69) is 10.5 Å². The lowest BCUT2D eigenvalue weighted by atomic mass is 10.2. The second kappa shape index (κ2) is 6.31. The maximum atomic E-state index is 12.9. The Morgan fingerprint density at radius 3 is 2.70 bits per heavy atom. The van der Waals surface area contributed by atoms with Gasteiger partial charge in [0.25, 0.3) is 0 Å². The highest BCUT2D eigenvalue weighted by Crippen LogP contribution is 2.20. The number of hydrogen-bond donors (Lipinski definition) is 2. The molecule has 0 radical (unpaired) electrons. The van der Waals surface area contributed by atoms with E-state index in [0.29, 0.717) is 5.69 Å². The Bertz CT molecular complexity index is 869. The number of anilines is 1. The number of nitrogens with zero attached hydrogens (tertiary/aromatic N) is 2. The van der Waals surface area contributed by atoms with Crippen molar-refractivity contribution in [3.8, 4) is 0 Å². The molecule has 2 aromatic carbocycles. The van der Waals surface area contributed by atoms with Crippen molar-refractivity contribution in [3.05, 3.63) is 66.1 Å². The van der Waals surface area contributed by atoms with Gasteiger partial charge >= 0.3 is 0 Å². The number of fused-ring (bicyclic) bond motifs is 1. The van der Waals surface area contributed by atoms with Gasteiger partial charge in [-0.2, -0.15) is 0 Å². The number of carbonyl (C=O) groups is 1. The molecule has 2 N–H and O–H groups in total. The molecular weight excluding hydrogens is 297 g/mol. The van der Waals surface area contributed by atoms with E-state index in [4.69, 9.17) is 5.21 Å². The Morgan fingerprint density at radius 1 is 1.22 bits per heavy atom. The zero-order valence-electron chi connectivity index (χ0n) is 12.1. The number of nitrogens with one attached hydrogen (secondary N) is 1. The number of para-hydroxylation sites is 1. The van der Waals surface area contributed by atoms with Crippen LogP contribution < -0.4 is 5.32 Å². The average Bonchev–Trinajstić information content (AvgIpc) is 2.88. The third-order valence-electron chi connectivity index (χ3n) is 3.46. The van der Waals surface area contributed by atoms with Crippen LogP contribution in [0.1, 0.15) is 5.56 Å². The van der Waals surface area contributed by atoms with Crippen LogP contribution >= 0.6 is 0 Å². The SMILES string of the molecule is O=C(Cn1cc(/C=N/O)c2ccccc21)Nc1ccc(F)cc1. The Balaban J connectivity index is 1.83. The molecule has 6 heteroatoms. The van der Waals surface area contributed by atoms with Crippen LogP contribution in [0.4, 0.5) is 10.1 Å². The summed E-state index contributed by atoms with van der Waals surface area (Å²) in [6.45, 7) is 0.0944. The summed E-state index contributed by atoms with van der Waals surface area (Å²) in [4.78, 5) is 12.2. The van der Waals surface area contributed by atoms with Gasteiger partial charge in [-0.1, -0.05) is 23.4 Å². The quantitative estimate of drug-likeness (QED) is 0.441. The van der Waals surface area contributed by atoms with Gasteiger partial charge < -0.3 is 15.1 Å². The van der Waals surface area contributed by atoms with Crippen LogP contribution in [0.3, 0.4) is 0 Å². The molecule has 0 saturated heterocycles. The highest BCUT2D eigenvalue weighted by molar-refractivity contribution is 6.00. The van der Waals surface area contributed by atoms with Crippen LogP contribution in [-0.2, 0) is 11.3 Å². The topological polar surface area (TPSA) is 66.6 Å². The highest BCUT2D eigenvalue weighted by atomic mass is 19.1. The Hall–Kier alpha value is -3.15. The number of benzene rings is 2. The smallest absolute Gasteiger partial charge is 0.244 e. The molecule has 0 aliphatic heterocycles. The molecule has 1 aromatic heterocycles. The number of amides is 1. The number of oxime groups is 1. The summed E-state index contributed by atoms with van der Waals surface area (Å²) < 4.78 is 14.6. The van der Waals surface area contributed by atoms with Gasteiger partial charge in [-0.3, -0.25) is 4.79 Å². The van der Waals surface area contributed by atoms with E-state index in [1.54, 1.807) is 10.8 Å². The first-order valence-corrected chi connectivity index (χ1v) is 6.98. The van der Waals surface area contributed by atoms with Crippen LogP contribution in [0.2, 0.25) is 0 Å². The first-order chi connectivity index (χ1) is 11.2. The van der Waals surface area contributed by atoms with E-state index in [0.717, 1.165) is 16.5 Å². The minimum atomic E-state index is -0.354. The normalized spacial score (nSPS) is 11.2. The molecule has 0 saturated carbocycles. The lowest BCUT2D eigenvalue weighted by molar-refractivity contribution is -0.116. The molecule has 116 valence electrons. The van der Waals surface area contributed by atoms with Crippen molar-refractivity contribution >= 4 is 28.7 Å². The van der Waals surface area contributed by atoms with E-state index < -0.39 is 0 Å². The molecule has 3 aromatic rings. The summed E-state index contributed by atoms with van der Waals surface area (Å²) in [5.41, 5.74) is 2.11. The molecule has 23 heavy (non-hydrogen) atoms. The number of carbonyl (C=O) groups excluding carboxylic acids is 1. The summed E-state index contributed by atoms with van der Waals surface area (Å²) in [7, 11) is 0. The molecule has 0 aliphatic rings. The first-order valence-electron chi connectivity index (χ1n) is 6.98. The van der Waals surface area contributed by atoms with E-state index in [-0.39, 0.29) is 18.3 Å². The minimum Gasteiger partial charge on any atom is -0.411 e. The molecule has 0 unspecified atom stereocenters. The molecule has 0 fully saturated rings. The van der Waals surface area contributed by atoms with Gasteiger partial charge in [0.1, 0.15) is 12.4 Å². The van der Waals surface area contributed by atoms with E-state index >= 15 is 0 Å². The minimum absolute atomic E-state index is 0.0944. The molecule has 3 rings (SSSR count). The number of rotatable bonds is 4. The second-order valence-corrected chi connectivity index (χ2v) is 5.03. The Kier molecular flexibility index (Phi) is 4.05. The summed E-state index contributed by atoms with van der Waals surface area (Å²) in [5, 5.41) is 15.4. The van der Waals surface area contributed by atoms with Gasteiger partial charge in [0, 0.05) is 28.4 Å². The van der Waals surface area contributed by atoms with Gasteiger partial charge in [-0.05, 0) is 30.3 Å². The molecule has 0 spiro atoms. The predicted molar refractivity (Wildman–Crippen MR) is 86.3 cm³/mol. The lowest BCUT2D eigenvalue weighted by Gasteiger charge is -2.07. The van der Waals surface area contributed by atoms with Gasteiger partial charge in [-0.15, -0.1) is 0 Å². The van der Waals surface area contributed by atoms with Crippen molar-refractivity contribution in [1.82, 2.24) is 4.57 Å². The fraction of sp³-hybridized carbons (Fsp3) is 0.0588. The standard InChI is InChI=1S/C17H14FN3O2/c18-13-5-7-14(8-6-13)20-17(22)11-21-10-12(9-19-23)15-3-1-2-4-16(15)21/h1-10,23H,11H2,(H,20,22)/b19-9+. The highest BCUT2D eigenvalue weighted by Gasteiger charge is 2.10. The molecule has 5 nitrogen and oxygen atoms in total. The zero-order chi connectivity index (χ0) is 16.2. The molecule has 0 atom stereocenters. The Labute approximate surface area is 131 Å². The molecular formula is C17H14FN3O2. The van der Waals surface area contributed by atoms with Crippen molar-refractivity contribution < 1.29 is 14.4 Å². The molecule has 1 heterocycles. The maximum absolute atomic E-state index is 12.9. The van der Waals surface area contributed by atoms with Crippen molar-refractivity contribution in [2.24, 2.45) is 5.16 Å². The van der Waals surface area contributed by atoms with Gasteiger partial charge in [0.2, 0.25) is 5.91 Å². The summed E-state index contributed by atoms with van der Waals surface area (Å²) in [6, 6.07) is 13.1. The van der Waals surface area contributed by atoms with Crippen LogP contribution in [0.25, 0.3) is 10.9 Å². The average molecular weight is 311 g/mol. The zero-order valence-corrected chi connectivity index (χ0v) is 12.1. The van der Waals surface area contributed by atoms with Crippen LogP contribution in [0.5, 0.6) is 0 Å². The molecule has 0 aliphatic carbocycles. The summed E-state index contributed by atoms with van der Waals surface area (Å²) in [5.74, 6) is -0.586. The third-order valence-corrected chi connectivity index (χ3v) is 3.46. The first kappa shape index (κ1) is 14.8. The van der Waals surface area contributed by atoms with Gasteiger partial charge in [0.05, 0.1) is 6.21 Å². The number of halogens is 1. The summed E-state index contributed by atoms with van der Waals surface area (Å²) >= 11 is 0. The predicted octanol–water partition coefficient (Wildman–Crippen LogP) is 3.23. The second-order valence-electron chi connectivity index (χ2n) is 5.03. The van der Waals surface area contributed by atoms with E-state index in [1.165, 1.54) is 30.5 Å². The summed E-state index contributed by atoms with van der Waals surface area (Å²) in [6.07, 6.45) is 3.07. The lowest BCUT2D eigenvalue weighted by Crippen LogP contribution is -2.18. The fourth-order valence-corrected chi connectivity index (χ4v) is 2.46. The van der Waals surface area contributed by atoms with Crippen molar-refractivity contribution in [2.75, 3.05) is 5.32 Å². The largest absolute Gasteiger partial charge is 0.411 e. The van der Waals surface area contributed by atoms with Gasteiger partial charge in [0.15, 0.2) is 0 Å². The molecule has 0 bridgehead atoms. The number of aromatic nitrogens is 1. The third kappa shape index (κ3) is 3.21. The van der Waals surface area contributed by atoms with Crippen LogP contribution in [0, 0.1) is 5.82 Å². The van der Waals surface area contributed by atoms with Gasteiger partial charge in [-0.25, -0.2) is 4.39 Å². The Morgan fingerprint density at radius 2 is 1.96 bits per heavy atom. The fourth-order valence-electron chi connectivity index (χ4n) is 2.46. The van der Waals surface area contributed by atoms with Crippen LogP contribution in [-0.4, -0.2) is 21.9 Å². The van der Waals surface area contributed by atoms with Crippen molar-refractivity contribution in [2.45, 2.75) is 6.54 Å². The number of hydrogen-bond acceptors (Lipinski definition) is 3.